The van der Waals surface area contributed by atoms with E-state index in [9.17, 15) is 19.5 Å². The molecule has 0 radical (unpaired) electrons. The van der Waals surface area contributed by atoms with Crippen molar-refractivity contribution in [2.24, 2.45) is 0 Å². The van der Waals surface area contributed by atoms with Crippen molar-refractivity contribution >= 4 is 17.9 Å². The molecule has 0 heterocycles. The average molecular weight is 1020 g/mol. The number of hydrogen-bond donors (Lipinski definition) is 1. The highest BCUT2D eigenvalue weighted by atomic mass is 16.6. The fraction of sp³-hybridized carbons (Fsp3) is 0.953. The molecule has 0 fully saturated rings. The lowest BCUT2D eigenvalue weighted by Crippen LogP contribution is -2.50. The number of carboxylic acids is 1. The summed E-state index contributed by atoms with van der Waals surface area (Å²) in [6.45, 7) is 4.83. The standard InChI is InChI=1S/C64H125NO7/c1-6-8-10-12-14-16-18-20-22-24-26-28-30-32-34-36-38-40-42-44-46-48-50-52-54-62(66)71-59-60(58-70-57-56-61(64(68)69)65(3,4)5)72-63(67)55-53-51-49-47-45-43-41-39-37-35-33-31-29-27-25-23-21-19-17-15-13-11-9-7-2/h60-61H,6-59H2,1-5H3/p+1. The van der Waals surface area contributed by atoms with Crippen molar-refractivity contribution in [1.29, 1.82) is 0 Å². The summed E-state index contributed by atoms with van der Waals surface area (Å²) in [7, 11) is 5.57. The van der Waals surface area contributed by atoms with E-state index < -0.39 is 18.1 Å². The van der Waals surface area contributed by atoms with Crippen LogP contribution in [0.1, 0.15) is 341 Å². The van der Waals surface area contributed by atoms with Crippen molar-refractivity contribution in [3.05, 3.63) is 0 Å². The second kappa shape index (κ2) is 55.6. The Kier molecular flexibility index (Phi) is 54.3. The predicted octanol–water partition coefficient (Wildman–Crippen LogP) is 19.6. The van der Waals surface area contributed by atoms with Crippen LogP contribution in [0.25, 0.3) is 0 Å². The van der Waals surface area contributed by atoms with Crippen molar-refractivity contribution in [1.82, 2.24) is 0 Å². The molecule has 2 atom stereocenters. The van der Waals surface area contributed by atoms with Crippen LogP contribution in [0.3, 0.4) is 0 Å². The van der Waals surface area contributed by atoms with Crippen LogP contribution in [-0.2, 0) is 28.6 Å². The van der Waals surface area contributed by atoms with Crippen LogP contribution in [0.15, 0.2) is 0 Å². The Labute approximate surface area is 448 Å². The van der Waals surface area contributed by atoms with E-state index in [1.807, 2.05) is 21.1 Å². The largest absolute Gasteiger partial charge is 0.477 e. The zero-order valence-electron chi connectivity index (χ0n) is 49.2. The number of aliphatic carboxylic acids is 1. The van der Waals surface area contributed by atoms with E-state index in [1.54, 1.807) is 0 Å². The molecule has 428 valence electrons. The maximum absolute atomic E-state index is 12.9. The number of nitrogens with zero attached hydrogens (tertiary/aromatic N) is 1. The molecule has 8 nitrogen and oxygen atoms in total. The molecule has 2 unspecified atom stereocenters. The number of carboxylic acid groups (broad SMARTS) is 1. The summed E-state index contributed by atoms with van der Waals surface area (Å²) in [6, 6.07) is -0.610. The third-order valence-corrected chi connectivity index (χ3v) is 15.3. The van der Waals surface area contributed by atoms with E-state index in [4.69, 9.17) is 14.2 Å². The predicted molar refractivity (Wildman–Crippen MR) is 308 cm³/mol. The molecular formula is C64H126NO7+. The SMILES string of the molecule is CCCCCCCCCCCCCCCCCCCCCCCCCCC(=O)OCC(COCCC(C(=O)O)[N+](C)(C)C)OC(=O)CCCCCCCCCCCCCCCCCCCCCCCCCC. The lowest BCUT2D eigenvalue weighted by atomic mass is 10.0. The summed E-state index contributed by atoms with van der Waals surface area (Å²) in [6.07, 6.45) is 64.7. The number of quaternary nitrogens is 1. The van der Waals surface area contributed by atoms with E-state index in [2.05, 4.69) is 13.8 Å². The Bertz CT molecular complexity index is 1140. The van der Waals surface area contributed by atoms with Crippen molar-refractivity contribution in [3.63, 3.8) is 0 Å². The minimum atomic E-state index is -0.866. The number of rotatable bonds is 60. The molecule has 72 heavy (non-hydrogen) atoms. The quantitative estimate of drug-likeness (QED) is 0.0368. The Balaban J connectivity index is 4.03. The number of hydrogen-bond acceptors (Lipinski definition) is 6. The van der Waals surface area contributed by atoms with Crippen molar-refractivity contribution < 1.29 is 38.2 Å². The molecule has 0 aliphatic carbocycles. The van der Waals surface area contributed by atoms with Crippen molar-refractivity contribution in [2.45, 2.75) is 353 Å². The third-order valence-electron chi connectivity index (χ3n) is 15.3. The maximum atomic E-state index is 12.9. The molecule has 0 saturated carbocycles. The number of carbonyl (C=O) groups is 3. The summed E-state index contributed by atoms with van der Waals surface area (Å²) < 4.78 is 17.5. The number of ether oxygens (including phenoxy) is 3. The van der Waals surface area contributed by atoms with Gasteiger partial charge in [0.05, 0.1) is 34.4 Å². The third kappa shape index (κ3) is 53.2. The molecule has 1 N–H and O–H groups in total. The molecule has 0 saturated heterocycles. The van der Waals surface area contributed by atoms with Gasteiger partial charge in [-0.05, 0) is 12.8 Å². The first kappa shape index (κ1) is 70.3. The van der Waals surface area contributed by atoms with Gasteiger partial charge < -0.3 is 23.8 Å². The van der Waals surface area contributed by atoms with Crippen LogP contribution in [0.4, 0.5) is 0 Å². The molecule has 0 aromatic heterocycles. The highest BCUT2D eigenvalue weighted by Crippen LogP contribution is 2.19. The smallest absolute Gasteiger partial charge is 0.362 e. The van der Waals surface area contributed by atoms with Gasteiger partial charge in [0, 0.05) is 19.3 Å². The Morgan fingerprint density at radius 2 is 0.611 bits per heavy atom. The Hall–Kier alpha value is -1.67. The molecule has 0 aromatic rings. The minimum absolute atomic E-state index is 0.0406. The summed E-state index contributed by atoms with van der Waals surface area (Å²) >= 11 is 0. The van der Waals surface area contributed by atoms with E-state index in [0.717, 1.165) is 38.5 Å². The molecule has 0 spiro atoms. The minimum Gasteiger partial charge on any atom is -0.477 e. The maximum Gasteiger partial charge on any atom is 0.362 e. The number of unbranched alkanes of at least 4 members (excludes halogenated alkanes) is 46. The fourth-order valence-corrected chi connectivity index (χ4v) is 10.3. The first-order chi connectivity index (χ1) is 35.1. The monoisotopic (exact) mass is 1020 g/mol. The van der Waals surface area contributed by atoms with E-state index in [0.29, 0.717) is 19.3 Å². The second-order valence-electron chi connectivity index (χ2n) is 23.4. The molecule has 8 heteroatoms. The van der Waals surface area contributed by atoms with Gasteiger partial charge in [-0.15, -0.1) is 0 Å². The first-order valence-corrected chi connectivity index (χ1v) is 32.1. The van der Waals surface area contributed by atoms with Crippen LogP contribution in [0, 0.1) is 0 Å². The van der Waals surface area contributed by atoms with Crippen LogP contribution in [0.5, 0.6) is 0 Å². The molecule has 0 bridgehead atoms. The van der Waals surface area contributed by atoms with Gasteiger partial charge in [-0.3, -0.25) is 9.59 Å². The highest BCUT2D eigenvalue weighted by molar-refractivity contribution is 5.72. The van der Waals surface area contributed by atoms with Crippen molar-refractivity contribution in [2.75, 3.05) is 41.0 Å². The summed E-state index contributed by atoms with van der Waals surface area (Å²) in [4.78, 5) is 37.4. The van der Waals surface area contributed by atoms with E-state index in [-0.39, 0.29) is 36.2 Å². The molecular weight excluding hydrogens is 895 g/mol. The molecule has 0 aliphatic heterocycles. The van der Waals surface area contributed by atoms with Gasteiger partial charge >= 0.3 is 17.9 Å². The van der Waals surface area contributed by atoms with Crippen LogP contribution in [0.2, 0.25) is 0 Å². The first-order valence-electron chi connectivity index (χ1n) is 32.1. The zero-order valence-corrected chi connectivity index (χ0v) is 49.2. The van der Waals surface area contributed by atoms with Gasteiger partial charge in [0.2, 0.25) is 0 Å². The molecule has 0 amide bonds. The van der Waals surface area contributed by atoms with Gasteiger partial charge in [-0.1, -0.05) is 309 Å². The summed E-state index contributed by atoms with van der Waals surface area (Å²) in [5.74, 6) is -1.43. The van der Waals surface area contributed by atoms with E-state index >= 15 is 0 Å². The molecule has 0 aliphatic rings. The van der Waals surface area contributed by atoms with Crippen molar-refractivity contribution in [3.8, 4) is 0 Å². The topological polar surface area (TPSA) is 99.1 Å². The lowest BCUT2D eigenvalue weighted by Gasteiger charge is -2.31. The van der Waals surface area contributed by atoms with Gasteiger partial charge in [0.25, 0.3) is 0 Å². The summed E-state index contributed by atoms with van der Waals surface area (Å²) in [5, 5.41) is 9.70. The van der Waals surface area contributed by atoms with Gasteiger partial charge in [0.15, 0.2) is 12.1 Å². The molecule has 0 rings (SSSR count). The second-order valence-corrected chi connectivity index (χ2v) is 23.4. The number of esters is 2. The van der Waals surface area contributed by atoms with E-state index in [1.165, 1.54) is 270 Å². The van der Waals surface area contributed by atoms with Gasteiger partial charge in [-0.2, -0.15) is 0 Å². The zero-order chi connectivity index (χ0) is 52.7. The van der Waals surface area contributed by atoms with Gasteiger partial charge in [-0.25, -0.2) is 4.79 Å². The molecule has 0 aromatic carbocycles. The van der Waals surface area contributed by atoms with Crippen LogP contribution >= 0.6 is 0 Å². The normalized spacial score (nSPS) is 12.6. The van der Waals surface area contributed by atoms with Gasteiger partial charge in [0.1, 0.15) is 6.61 Å². The highest BCUT2D eigenvalue weighted by Gasteiger charge is 2.31. The van der Waals surface area contributed by atoms with Crippen LogP contribution in [-0.4, -0.2) is 80.6 Å². The number of likely N-dealkylation sites (N-methyl/N-ethyl adjacent to an activating group) is 1. The lowest BCUT2D eigenvalue weighted by molar-refractivity contribution is -0.887. The average Bonchev–Trinajstić information content (AvgIpc) is 3.35. The summed E-state index contributed by atoms with van der Waals surface area (Å²) in [5.41, 5.74) is 0. The van der Waals surface area contributed by atoms with Crippen LogP contribution < -0.4 is 0 Å². The Morgan fingerprint density at radius 1 is 0.361 bits per heavy atom. The fourth-order valence-electron chi connectivity index (χ4n) is 10.3. The number of carbonyl (C=O) groups excluding carboxylic acids is 2. The Morgan fingerprint density at radius 3 is 0.861 bits per heavy atom.